The van der Waals surface area contributed by atoms with Crippen molar-refractivity contribution in [3.05, 3.63) is 12.2 Å². The summed E-state index contributed by atoms with van der Waals surface area (Å²) in [5.74, 6) is -0.560. The minimum Gasteiger partial charge on any atom is -0.462 e. The Morgan fingerprint density at radius 2 is 0.481 bits per heavy atom. The fourth-order valence-electron chi connectivity index (χ4n) is 11.4. The molecule has 5 nitrogen and oxygen atoms in total. The summed E-state index contributed by atoms with van der Waals surface area (Å²) in [6, 6.07) is 0. The number of hydrogen-bond donors (Lipinski definition) is 1. The molecule has 1 unspecified atom stereocenters. The molecule has 0 heterocycles. The molecular weight excluding hydrogens is 945 g/mol. The zero-order valence-corrected chi connectivity index (χ0v) is 52.8. The molecule has 0 aliphatic rings. The van der Waals surface area contributed by atoms with Crippen LogP contribution in [0, 0.1) is 0 Å². The lowest BCUT2D eigenvalue weighted by Gasteiger charge is -2.15. The molecule has 0 spiro atoms. The Morgan fingerprint density at radius 1 is 0.286 bits per heavy atom. The highest BCUT2D eigenvalue weighted by Gasteiger charge is 2.16. The molecule has 0 radical (unpaired) electrons. The largest absolute Gasteiger partial charge is 0.462 e. The highest BCUT2D eigenvalue weighted by molar-refractivity contribution is 5.70. The van der Waals surface area contributed by atoms with Gasteiger partial charge in [0.25, 0.3) is 0 Å². The molecule has 0 aromatic heterocycles. The molecule has 0 aromatic carbocycles. The van der Waals surface area contributed by atoms with Gasteiger partial charge in [0.1, 0.15) is 6.61 Å². The lowest BCUT2D eigenvalue weighted by Crippen LogP contribution is -2.28. The molecule has 0 amide bonds. The second-order valence-corrected chi connectivity index (χ2v) is 24.7. The van der Waals surface area contributed by atoms with E-state index in [0.717, 1.165) is 32.1 Å². The number of rotatable bonds is 68. The van der Waals surface area contributed by atoms with Gasteiger partial charge in [0.05, 0.1) is 6.61 Å². The molecule has 77 heavy (non-hydrogen) atoms. The fourth-order valence-corrected chi connectivity index (χ4v) is 11.4. The third kappa shape index (κ3) is 67.1. The molecule has 1 atom stereocenters. The first kappa shape index (κ1) is 75.6. The molecule has 0 bridgehead atoms. The van der Waals surface area contributed by atoms with Crippen molar-refractivity contribution in [2.75, 3.05) is 13.2 Å². The predicted molar refractivity (Wildman–Crippen MR) is 339 cm³/mol. The lowest BCUT2D eigenvalue weighted by atomic mass is 10.0. The molecule has 458 valence electrons. The monoisotopic (exact) mass is 1090 g/mol. The van der Waals surface area contributed by atoms with Gasteiger partial charge < -0.3 is 14.6 Å². The van der Waals surface area contributed by atoms with Crippen molar-refractivity contribution in [1.29, 1.82) is 0 Å². The Kier molecular flexibility index (Phi) is 67.7. The number of carbonyl (C=O) groups is 2. The lowest BCUT2D eigenvalue weighted by molar-refractivity contribution is -0.161. The Bertz CT molecular complexity index is 1140. The van der Waals surface area contributed by atoms with Crippen LogP contribution in [0.3, 0.4) is 0 Å². The second-order valence-electron chi connectivity index (χ2n) is 24.7. The van der Waals surface area contributed by atoms with E-state index in [1.54, 1.807) is 0 Å². The second kappa shape index (κ2) is 68.9. The van der Waals surface area contributed by atoms with Gasteiger partial charge >= 0.3 is 11.9 Å². The zero-order chi connectivity index (χ0) is 55.5. The van der Waals surface area contributed by atoms with Crippen molar-refractivity contribution in [1.82, 2.24) is 0 Å². The van der Waals surface area contributed by atoms with E-state index in [2.05, 4.69) is 26.0 Å². The van der Waals surface area contributed by atoms with E-state index in [9.17, 15) is 14.7 Å². The van der Waals surface area contributed by atoms with Crippen LogP contribution in [0.25, 0.3) is 0 Å². The van der Waals surface area contributed by atoms with Crippen LogP contribution in [0.4, 0.5) is 0 Å². The number of unbranched alkanes of at least 4 members (excludes halogenated alkanes) is 58. The van der Waals surface area contributed by atoms with Crippen LogP contribution in [0.2, 0.25) is 0 Å². The van der Waals surface area contributed by atoms with Crippen LogP contribution in [0.15, 0.2) is 12.2 Å². The van der Waals surface area contributed by atoms with Crippen molar-refractivity contribution in [3.8, 4) is 0 Å². The summed E-state index contributed by atoms with van der Waals surface area (Å²) in [5.41, 5.74) is 0. The number of ether oxygens (including phenoxy) is 2. The zero-order valence-electron chi connectivity index (χ0n) is 52.8. The highest BCUT2D eigenvalue weighted by atomic mass is 16.6. The summed E-state index contributed by atoms with van der Waals surface area (Å²) >= 11 is 0. The predicted octanol–water partition coefficient (Wildman–Crippen LogP) is 24.6. The van der Waals surface area contributed by atoms with Crippen LogP contribution < -0.4 is 0 Å². The van der Waals surface area contributed by atoms with Gasteiger partial charge in [-0.15, -0.1) is 0 Å². The van der Waals surface area contributed by atoms with Gasteiger partial charge in [0.15, 0.2) is 6.10 Å². The number of carbonyl (C=O) groups excluding carboxylic acids is 2. The van der Waals surface area contributed by atoms with E-state index in [1.165, 1.54) is 360 Å². The Morgan fingerprint density at radius 3 is 0.701 bits per heavy atom. The van der Waals surface area contributed by atoms with Crippen molar-refractivity contribution in [3.63, 3.8) is 0 Å². The maximum absolute atomic E-state index is 12.4. The number of esters is 2. The summed E-state index contributed by atoms with van der Waals surface area (Å²) in [4.78, 5) is 24.6. The van der Waals surface area contributed by atoms with E-state index in [-0.39, 0.29) is 25.2 Å². The smallest absolute Gasteiger partial charge is 0.306 e. The average molecular weight is 1090 g/mol. The summed E-state index contributed by atoms with van der Waals surface area (Å²) in [5, 5.41) is 9.70. The van der Waals surface area contributed by atoms with Crippen molar-refractivity contribution in [2.45, 2.75) is 424 Å². The molecule has 0 fully saturated rings. The van der Waals surface area contributed by atoms with Crippen molar-refractivity contribution in [2.24, 2.45) is 0 Å². The van der Waals surface area contributed by atoms with Crippen molar-refractivity contribution >= 4 is 11.9 Å². The van der Waals surface area contributed by atoms with Crippen LogP contribution in [-0.2, 0) is 19.1 Å². The van der Waals surface area contributed by atoms with Crippen molar-refractivity contribution < 1.29 is 24.2 Å². The van der Waals surface area contributed by atoms with E-state index in [0.29, 0.717) is 12.8 Å². The fraction of sp³-hybridized carbons (Fsp3) is 0.944. The van der Waals surface area contributed by atoms with Gasteiger partial charge in [0.2, 0.25) is 0 Å². The standard InChI is InChI=1S/C72H140O5/c1-3-5-7-9-11-13-15-17-19-21-23-25-27-29-30-31-32-33-34-35-36-37-38-39-40-41-42-43-45-47-49-51-53-55-57-59-61-63-65-67-72(75)77-70(68-73)69-76-71(74)66-64-62-60-58-56-54-52-50-48-46-44-28-26-24-22-20-18-16-14-12-10-8-6-4-2/h21,23,70,73H,3-20,22,24-69H2,1-2H3/b23-21-. The van der Waals surface area contributed by atoms with E-state index in [1.807, 2.05) is 0 Å². The number of aliphatic hydroxyl groups excluding tert-OH is 1. The van der Waals surface area contributed by atoms with Crippen LogP contribution in [0.1, 0.15) is 418 Å². The number of hydrogen-bond acceptors (Lipinski definition) is 5. The third-order valence-corrected chi connectivity index (χ3v) is 16.8. The quantitative estimate of drug-likeness (QED) is 0.0373. The van der Waals surface area contributed by atoms with Gasteiger partial charge in [0, 0.05) is 12.8 Å². The summed E-state index contributed by atoms with van der Waals surface area (Å²) < 4.78 is 10.8. The Labute approximate surface area is 483 Å². The first-order valence-electron chi connectivity index (χ1n) is 35.7. The molecule has 1 N–H and O–H groups in total. The summed E-state index contributed by atoms with van der Waals surface area (Å²) in [6.45, 7) is 4.22. The summed E-state index contributed by atoms with van der Waals surface area (Å²) in [7, 11) is 0. The van der Waals surface area contributed by atoms with Crippen LogP contribution in [0.5, 0.6) is 0 Å². The molecule has 0 aliphatic heterocycles. The Balaban J connectivity index is 3.34. The van der Waals surface area contributed by atoms with Gasteiger partial charge in [-0.25, -0.2) is 0 Å². The molecular formula is C72H140O5. The molecule has 0 aromatic rings. The van der Waals surface area contributed by atoms with Crippen LogP contribution >= 0.6 is 0 Å². The van der Waals surface area contributed by atoms with E-state index < -0.39 is 6.10 Å². The first-order chi connectivity index (χ1) is 38.1. The van der Waals surface area contributed by atoms with Crippen LogP contribution in [-0.4, -0.2) is 36.4 Å². The van der Waals surface area contributed by atoms with Gasteiger partial charge in [-0.1, -0.05) is 379 Å². The molecule has 0 saturated carbocycles. The van der Waals surface area contributed by atoms with Gasteiger partial charge in [-0.05, 0) is 38.5 Å². The third-order valence-electron chi connectivity index (χ3n) is 16.8. The number of aliphatic hydroxyl groups is 1. The molecule has 0 saturated heterocycles. The minimum absolute atomic E-state index is 0.0562. The maximum atomic E-state index is 12.4. The normalized spacial score (nSPS) is 12.1. The molecule has 0 aliphatic carbocycles. The molecule has 5 heteroatoms. The highest BCUT2D eigenvalue weighted by Crippen LogP contribution is 2.20. The van der Waals surface area contributed by atoms with Gasteiger partial charge in [-0.2, -0.15) is 0 Å². The number of allylic oxidation sites excluding steroid dienone is 2. The Hall–Kier alpha value is -1.36. The maximum Gasteiger partial charge on any atom is 0.306 e. The first-order valence-corrected chi connectivity index (χ1v) is 35.7. The minimum atomic E-state index is -0.766. The van der Waals surface area contributed by atoms with Gasteiger partial charge in [-0.3, -0.25) is 9.59 Å². The topological polar surface area (TPSA) is 72.8 Å². The van der Waals surface area contributed by atoms with E-state index >= 15 is 0 Å². The van der Waals surface area contributed by atoms with E-state index in [4.69, 9.17) is 9.47 Å². The summed E-state index contributed by atoms with van der Waals surface area (Å²) in [6.07, 6.45) is 88.4. The SMILES string of the molecule is CCCCCCCCCC/C=C\CCCCCCCCCCCCCCCCCCCCCCCCCCCCCC(=O)OC(CO)COC(=O)CCCCCCCCCCCCCCCCCCCCCCCCCC. The average Bonchev–Trinajstić information content (AvgIpc) is 3.43. The molecule has 0 rings (SSSR count).